The third kappa shape index (κ3) is 4.16. The first kappa shape index (κ1) is 16.9. The van der Waals surface area contributed by atoms with Crippen molar-refractivity contribution in [1.29, 1.82) is 0 Å². The highest BCUT2D eigenvalue weighted by molar-refractivity contribution is 7.00. The van der Waals surface area contributed by atoms with E-state index in [9.17, 15) is 0 Å². The lowest BCUT2D eigenvalue weighted by Gasteiger charge is -1.82. The van der Waals surface area contributed by atoms with Gasteiger partial charge in [0.1, 0.15) is 11.0 Å². The standard InChI is InChI=1S/2C7H6N2.C6H4N2S/c1-4-9-7-2-3-8-5-6(1)7;1-2-6-7(8-4-1)3-5-9-6;1-2-4-6-5(3-1)7-9-8-6/h2*1-5,9H;1-4H. The van der Waals surface area contributed by atoms with Gasteiger partial charge in [0.2, 0.25) is 0 Å². The van der Waals surface area contributed by atoms with E-state index in [1.54, 1.807) is 12.4 Å². The molecule has 0 fully saturated rings. The Balaban J connectivity index is 0.0000001000. The van der Waals surface area contributed by atoms with Crippen molar-refractivity contribution < 1.29 is 0 Å². The van der Waals surface area contributed by atoms with E-state index in [4.69, 9.17) is 0 Å². The summed E-state index contributed by atoms with van der Waals surface area (Å²) in [5, 5.41) is 1.16. The number of hydrogen-bond acceptors (Lipinski definition) is 5. The highest BCUT2D eigenvalue weighted by Gasteiger charge is 1.91. The van der Waals surface area contributed by atoms with E-state index in [-0.39, 0.29) is 0 Å². The predicted molar refractivity (Wildman–Crippen MR) is 110 cm³/mol. The first-order chi connectivity index (χ1) is 13.4. The number of fused-ring (bicyclic) bond motifs is 3. The highest BCUT2D eigenvalue weighted by atomic mass is 32.1. The summed E-state index contributed by atoms with van der Waals surface area (Å²) in [5.41, 5.74) is 5.24. The van der Waals surface area contributed by atoms with Crippen LogP contribution in [0.4, 0.5) is 0 Å². The summed E-state index contributed by atoms with van der Waals surface area (Å²) in [6, 6.07) is 17.7. The molecule has 0 spiro atoms. The molecule has 0 aliphatic rings. The Morgan fingerprint density at radius 1 is 0.667 bits per heavy atom. The van der Waals surface area contributed by atoms with Crippen molar-refractivity contribution in [3.05, 3.63) is 85.6 Å². The Bertz CT molecular complexity index is 1010. The average molecular weight is 372 g/mol. The van der Waals surface area contributed by atoms with Crippen LogP contribution in [0.2, 0.25) is 0 Å². The van der Waals surface area contributed by atoms with Crippen molar-refractivity contribution in [2.24, 2.45) is 0 Å². The fourth-order valence-electron chi connectivity index (χ4n) is 2.50. The molecule has 0 aliphatic carbocycles. The van der Waals surface area contributed by atoms with Crippen LogP contribution >= 0.6 is 11.7 Å². The summed E-state index contributed by atoms with van der Waals surface area (Å²) < 4.78 is 8.10. The van der Waals surface area contributed by atoms with Gasteiger partial charge in [-0.05, 0) is 42.5 Å². The molecule has 0 saturated carbocycles. The third-order valence-corrected chi connectivity index (χ3v) is 4.39. The molecule has 0 unspecified atom stereocenters. The van der Waals surface area contributed by atoms with Gasteiger partial charge in [-0.15, -0.1) is 0 Å². The molecular formula is C20H16N6S. The first-order valence-electron chi connectivity index (χ1n) is 8.33. The second-order valence-corrected chi connectivity index (χ2v) is 6.14. The Morgan fingerprint density at radius 3 is 2.22 bits per heavy atom. The van der Waals surface area contributed by atoms with Crippen molar-refractivity contribution in [1.82, 2.24) is 28.7 Å². The minimum atomic E-state index is 0.988. The van der Waals surface area contributed by atoms with Crippen LogP contribution in [0.25, 0.3) is 33.0 Å². The maximum Gasteiger partial charge on any atom is 0.104 e. The zero-order valence-electron chi connectivity index (χ0n) is 14.3. The lowest BCUT2D eigenvalue weighted by molar-refractivity contribution is 1.36. The van der Waals surface area contributed by atoms with Crippen LogP contribution in [-0.2, 0) is 0 Å². The lowest BCUT2D eigenvalue weighted by atomic mass is 10.3. The van der Waals surface area contributed by atoms with Gasteiger partial charge in [-0.25, -0.2) is 0 Å². The summed E-state index contributed by atoms with van der Waals surface area (Å²) >= 11 is 1.25. The number of pyridine rings is 2. The van der Waals surface area contributed by atoms with Crippen LogP contribution in [0.1, 0.15) is 0 Å². The van der Waals surface area contributed by atoms with E-state index in [1.807, 2.05) is 73.2 Å². The molecule has 0 amide bonds. The fourth-order valence-corrected chi connectivity index (χ4v) is 3.03. The maximum atomic E-state index is 4.11. The molecule has 0 atom stereocenters. The molecule has 1 aromatic carbocycles. The molecule has 5 heterocycles. The van der Waals surface area contributed by atoms with E-state index in [0.717, 1.165) is 33.0 Å². The Kier molecular flexibility index (Phi) is 5.12. The number of nitrogens with zero attached hydrogens (tertiary/aromatic N) is 4. The van der Waals surface area contributed by atoms with Gasteiger partial charge in [-0.2, -0.15) is 8.75 Å². The maximum absolute atomic E-state index is 4.11. The molecule has 7 heteroatoms. The zero-order chi connectivity index (χ0) is 18.3. The highest BCUT2D eigenvalue weighted by Crippen LogP contribution is 2.09. The molecule has 6 rings (SSSR count). The molecule has 5 aromatic heterocycles. The topological polar surface area (TPSA) is 83.1 Å². The number of benzene rings is 1. The number of aromatic amines is 2. The minimum absolute atomic E-state index is 0.988. The normalized spacial score (nSPS) is 10.2. The van der Waals surface area contributed by atoms with Gasteiger partial charge in [0.05, 0.1) is 22.8 Å². The number of hydrogen-bond donors (Lipinski definition) is 2. The van der Waals surface area contributed by atoms with Crippen molar-refractivity contribution in [2.45, 2.75) is 0 Å². The van der Waals surface area contributed by atoms with Gasteiger partial charge < -0.3 is 9.97 Å². The van der Waals surface area contributed by atoms with Gasteiger partial charge in [0.15, 0.2) is 0 Å². The van der Waals surface area contributed by atoms with Crippen molar-refractivity contribution >= 4 is 44.7 Å². The zero-order valence-corrected chi connectivity index (χ0v) is 15.1. The first-order valence-corrected chi connectivity index (χ1v) is 9.06. The van der Waals surface area contributed by atoms with Crippen LogP contribution in [0.3, 0.4) is 0 Å². The molecule has 0 radical (unpaired) electrons. The summed E-state index contributed by atoms with van der Waals surface area (Å²) in [4.78, 5) is 14.2. The van der Waals surface area contributed by atoms with Crippen LogP contribution in [0.5, 0.6) is 0 Å². The van der Waals surface area contributed by atoms with Crippen LogP contribution in [0, 0.1) is 0 Å². The number of H-pyrrole nitrogens is 2. The van der Waals surface area contributed by atoms with E-state index in [0.29, 0.717) is 0 Å². The van der Waals surface area contributed by atoms with E-state index in [1.165, 1.54) is 11.7 Å². The molecule has 0 saturated heterocycles. The molecule has 6 nitrogen and oxygen atoms in total. The van der Waals surface area contributed by atoms with Crippen LogP contribution in [0.15, 0.2) is 85.6 Å². The SMILES string of the molecule is c1cc2[nH]ccc2cn1.c1ccc2nsnc2c1.c1cnc2cc[nH]c2c1. The molecular weight excluding hydrogens is 356 g/mol. The summed E-state index contributed by atoms with van der Waals surface area (Å²) in [6.07, 6.45) is 9.20. The van der Waals surface area contributed by atoms with Gasteiger partial charge in [0.25, 0.3) is 0 Å². The quantitative estimate of drug-likeness (QED) is 0.400. The fraction of sp³-hybridized carbons (Fsp3) is 0. The Labute approximate surface area is 159 Å². The molecule has 0 bridgehead atoms. The Hall–Kier alpha value is -3.58. The average Bonchev–Trinajstić information content (AvgIpc) is 3.48. The largest absolute Gasteiger partial charge is 0.361 e. The van der Waals surface area contributed by atoms with E-state index in [2.05, 4.69) is 28.7 Å². The van der Waals surface area contributed by atoms with E-state index >= 15 is 0 Å². The van der Waals surface area contributed by atoms with Crippen LogP contribution in [-0.4, -0.2) is 28.7 Å². The summed E-state index contributed by atoms with van der Waals surface area (Å²) in [5.74, 6) is 0. The van der Waals surface area contributed by atoms with Crippen molar-refractivity contribution in [2.75, 3.05) is 0 Å². The predicted octanol–water partition coefficient (Wildman–Crippen LogP) is 4.82. The number of aromatic nitrogens is 6. The van der Waals surface area contributed by atoms with Crippen molar-refractivity contribution in [3.8, 4) is 0 Å². The third-order valence-electron chi connectivity index (χ3n) is 3.83. The smallest absolute Gasteiger partial charge is 0.104 e. The second-order valence-electron chi connectivity index (χ2n) is 5.61. The lowest BCUT2D eigenvalue weighted by Crippen LogP contribution is -1.68. The number of nitrogens with one attached hydrogen (secondary N) is 2. The van der Waals surface area contributed by atoms with Gasteiger partial charge in [-0.3, -0.25) is 9.97 Å². The van der Waals surface area contributed by atoms with E-state index < -0.39 is 0 Å². The van der Waals surface area contributed by atoms with Gasteiger partial charge in [0, 0.05) is 41.9 Å². The van der Waals surface area contributed by atoms with Gasteiger partial charge >= 0.3 is 0 Å². The summed E-state index contributed by atoms with van der Waals surface area (Å²) in [7, 11) is 0. The molecule has 132 valence electrons. The molecule has 0 aliphatic heterocycles. The van der Waals surface area contributed by atoms with Gasteiger partial charge in [-0.1, -0.05) is 12.1 Å². The Morgan fingerprint density at radius 2 is 1.44 bits per heavy atom. The monoisotopic (exact) mass is 372 g/mol. The van der Waals surface area contributed by atoms with Crippen LogP contribution < -0.4 is 0 Å². The second kappa shape index (κ2) is 8.20. The molecule has 2 N–H and O–H groups in total. The van der Waals surface area contributed by atoms with Crippen molar-refractivity contribution in [3.63, 3.8) is 0 Å². The molecule has 27 heavy (non-hydrogen) atoms. The molecule has 6 aromatic rings. The number of rotatable bonds is 0. The minimum Gasteiger partial charge on any atom is -0.361 e. The summed E-state index contributed by atoms with van der Waals surface area (Å²) in [6.45, 7) is 0.